The molecule has 1 aromatic carbocycles. The second kappa shape index (κ2) is 6.57. The maximum Gasteiger partial charge on any atom is 0.218 e. The summed E-state index contributed by atoms with van der Waals surface area (Å²) in [6, 6.07) is 9.67. The highest BCUT2D eigenvalue weighted by Gasteiger charge is 2.08. The number of ether oxygens (including phenoxy) is 1. The first-order valence-corrected chi connectivity index (χ1v) is 6.96. The van der Waals surface area contributed by atoms with Gasteiger partial charge in [-0.1, -0.05) is 23.7 Å². The number of anilines is 1. The fourth-order valence-electron chi connectivity index (χ4n) is 1.92. The van der Waals surface area contributed by atoms with E-state index in [0.29, 0.717) is 18.3 Å². The number of nitrogens with one attached hydrogen (secondary N) is 1. The highest BCUT2D eigenvalue weighted by molar-refractivity contribution is 6.30. The summed E-state index contributed by atoms with van der Waals surface area (Å²) in [7, 11) is 0. The van der Waals surface area contributed by atoms with Crippen LogP contribution >= 0.6 is 11.6 Å². The summed E-state index contributed by atoms with van der Waals surface area (Å²) >= 11 is 6.01. The molecule has 0 amide bonds. The molecule has 1 aromatic heterocycles. The van der Waals surface area contributed by atoms with Crippen LogP contribution in [-0.4, -0.2) is 16.6 Å². The predicted octanol–water partition coefficient (Wildman–Crippen LogP) is 4.01. The van der Waals surface area contributed by atoms with Crippen LogP contribution in [0.2, 0.25) is 5.02 Å². The molecule has 1 unspecified atom stereocenters. The Morgan fingerprint density at radius 3 is 2.80 bits per heavy atom. The largest absolute Gasteiger partial charge is 0.478 e. The zero-order valence-electron chi connectivity index (χ0n) is 11.9. The molecule has 0 fully saturated rings. The van der Waals surface area contributed by atoms with E-state index in [1.807, 2.05) is 38.1 Å². The van der Waals surface area contributed by atoms with Crippen molar-refractivity contribution in [2.24, 2.45) is 0 Å². The Morgan fingerprint density at radius 2 is 2.10 bits per heavy atom. The van der Waals surface area contributed by atoms with Crippen LogP contribution < -0.4 is 10.1 Å². The van der Waals surface area contributed by atoms with Crippen LogP contribution in [0.3, 0.4) is 0 Å². The minimum atomic E-state index is 0.0949. The van der Waals surface area contributed by atoms with Crippen molar-refractivity contribution in [2.75, 3.05) is 11.9 Å². The Balaban J connectivity index is 2.16. The first-order valence-electron chi connectivity index (χ1n) is 6.59. The monoisotopic (exact) mass is 291 g/mol. The molecule has 1 N–H and O–H groups in total. The number of hydrogen-bond donors (Lipinski definition) is 1. The van der Waals surface area contributed by atoms with E-state index in [1.54, 1.807) is 6.07 Å². The minimum Gasteiger partial charge on any atom is -0.478 e. The van der Waals surface area contributed by atoms with E-state index in [4.69, 9.17) is 16.3 Å². The van der Waals surface area contributed by atoms with Crippen molar-refractivity contribution in [3.63, 3.8) is 0 Å². The zero-order chi connectivity index (χ0) is 14.5. The molecule has 1 heterocycles. The van der Waals surface area contributed by atoms with E-state index >= 15 is 0 Å². The van der Waals surface area contributed by atoms with Crippen LogP contribution in [0.5, 0.6) is 5.88 Å². The van der Waals surface area contributed by atoms with Crippen molar-refractivity contribution in [1.29, 1.82) is 0 Å². The van der Waals surface area contributed by atoms with Crippen molar-refractivity contribution in [3.8, 4) is 5.88 Å². The number of aromatic nitrogens is 2. The SMILES string of the molecule is CCOc1cc(NC(C)c2cccc(Cl)c2)nc(C)n1. The van der Waals surface area contributed by atoms with E-state index in [9.17, 15) is 0 Å². The van der Waals surface area contributed by atoms with Gasteiger partial charge in [-0.25, -0.2) is 4.98 Å². The number of benzene rings is 1. The van der Waals surface area contributed by atoms with Gasteiger partial charge in [-0.3, -0.25) is 0 Å². The van der Waals surface area contributed by atoms with E-state index in [0.717, 1.165) is 16.4 Å². The van der Waals surface area contributed by atoms with Crippen LogP contribution in [0, 0.1) is 6.92 Å². The van der Waals surface area contributed by atoms with Gasteiger partial charge in [-0.2, -0.15) is 4.98 Å². The number of nitrogens with zero attached hydrogens (tertiary/aromatic N) is 2. The Morgan fingerprint density at radius 1 is 1.30 bits per heavy atom. The van der Waals surface area contributed by atoms with E-state index in [1.165, 1.54) is 0 Å². The Bertz CT molecular complexity index is 589. The summed E-state index contributed by atoms with van der Waals surface area (Å²) < 4.78 is 5.42. The smallest absolute Gasteiger partial charge is 0.218 e. The second-order valence-corrected chi connectivity index (χ2v) is 4.93. The van der Waals surface area contributed by atoms with E-state index in [-0.39, 0.29) is 6.04 Å². The van der Waals surface area contributed by atoms with Gasteiger partial charge in [0, 0.05) is 17.1 Å². The molecule has 106 valence electrons. The van der Waals surface area contributed by atoms with Gasteiger partial charge in [0.1, 0.15) is 11.6 Å². The molecule has 0 spiro atoms. The van der Waals surface area contributed by atoms with Crippen LogP contribution in [-0.2, 0) is 0 Å². The molecule has 0 aliphatic carbocycles. The molecular formula is C15H18ClN3O. The van der Waals surface area contributed by atoms with Crippen molar-refractivity contribution in [3.05, 3.63) is 46.7 Å². The summed E-state index contributed by atoms with van der Waals surface area (Å²) in [5, 5.41) is 4.06. The van der Waals surface area contributed by atoms with Crippen LogP contribution in [0.4, 0.5) is 5.82 Å². The maximum atomic E-state index is 6.01. The number of hydrogen-bond acceptors (Lipinski definition) is 4. The highest BCUT2D eigenvalue weighted by atomic mass is 35.5. The van der Waals surface area contributed by atoms with Gasteiger partial charge in [-0.15, -0.1) is 0 Å². The maximum absolute atomic E-state index is 6.01. The summed E-state index contributed by atoms with van der Waals surface area (Å²) in [6.07, 6.45) is 0. The Labute approximate surface area is 124 Å². The Kier molecular flexibility index (Phi) is 4.79. The van der Waals surface area contributed by atoms with Gasteiger partial charge >= 0.3 is 0 Å². The lowest BCUT2D eigenvalue weighted by Gasteiger charge is -2.16. The van der Waals surface area contributed by atoms with Crippen molar-refractivity contribution < 1.29 is 4.74 Å². The molecule has 20 heavy (non-hydrogen) atoms. The van der Waals surface area contributed by atoms with Crippen molar-refractivity contribution in [2.45, 2.75) is 26.8 Å². The van der Waals surface area contributed by atoms with Crippen molar-refractivity contribution in [1.82, 2.24) is 9.97 Å². The first-order chi connectivity index (χ1) is 9.58. The average molecular weight is 292 g/mol. The fourth-order valence-corrected chi connectivity index (χ4v) is 2.12. The molecule has 0 bridgehead atoms. The lowest BCUT2D eigenvalue weighted by Crippen LogP contribution is -2.09. The lowest BCUT2D eigenvalue weighted by molar-refractivity contribution is 0.325. The van der Waals surface area contributed by atoms with Gasteiger partial charge < -0.3 is 10.1 Å². The normalized spacial score (nSPS) is 12.0. The number of halogens is 1. The highest BCUT2D eigenvalue weighted by Crippen LogP contribution is 2.22. The second-order valence-electron chi connectivity index (χ2n) is 4.49. The zero-order valence-corrected chi connectivity index (χ0v) is 12.6. The topological polar surface area (TPSA) is 47.0 Å². The lowest BCUT2D eigenvalue weighted by atomic mass is 10.1. The van der Waals surface area contributed by atoms with Crippen molar-refractivity contribution >= 4 is 17.4 Å². The summed E-state index contributed by atoms with van der Waals surface area (Å²) in [5.41, 5.74) is 1.10. The summed E-state index contributed by atoms with van der Waals surface area (Å²) in [4.78, 5) is 8.59. The third-order valence-corrected chi connectivity index (χ3v) is 3.05. The minimum absolute atomic E-state index is 0.0949. The average Bonchev–Trinajstić information content (AvgIpc) is 2.38. The summed E-state index contributed by atoms with van der Waals surface area (Å²) in [5.74, 6) is 2.01. The quantitative estimate of drug-likeness (QED) is 0.904. The Hall–Kier alpha value is -1.81. The molecule has 0 aliphatic rings. The molecule has 5 heteroatoms. The third-order valence-electron chi connectivity index (χ3n) is 2.82. The van der Waals surface area contributed by atoms with E-state index < -0.39 is 0 Å². The molecule has 0 saturated heterocycles. The molecule has 0 aliphatic heterocycles. The number of rotatable bonds is 5. The predicted molar refractivity (Wildman–Crippen MR) is 81.4 cm³/mol. The molecule has 2 rings (SSSR count). The number of aryl methyl sites for hydroxylation is 1. The molecule has 0 radical (unpaired) electrons. The fraction of sp³-hybridized carbons (Fsp3) is 0.333. The van der Waals surface area contributed by atoms with Crippen LogP contribution in [0.1, 0.15) is 31.3 Å². The summed E-state index contributed by atoms with van der Waals surface area (Å²) in [6.45, 7) is 6.42. The molecular weight excluding hydrogens is 274 g/mol. The van der Waals surface area contributed by atoms with E-state index in [2.05, 4.69) is 22.2 Å². The molecule has 1 atom stereocenters. The third kappa shape index (κ3) is 3.84. The van der Waals surface area contributed by atoms with Gasteiger partial charge in [0.05, 0.1) is 6.61 Å². The first kappa shape index (κ1) is 14.6. The van der Waals surface area contributed by atoms with Gasteiger partial charge in [-0.05, 0) is 38.5 Å². The molecule has 2 aromatic rings. The molecule has 0 saturated carbocycles. The van der Waals surface area contributed by atoms with Gasteiger partial charge in [0.2, 0.25) is 5.88 Å². The molecule has 4 nitrogen and oxygen atoms in total. The van der Waals surface area contributed by atoms with Gasteiger partial charge in [0.15, 0.2) is 0 Å². The van der Waals surface area contributed by atoms with Crippen LogP contribution in [0.15, 0.2) is 30.3 Å². The van der Waals surface area contributed by atoms with Crippen LogP contribution in [0.25, 0.3) is 0 Å². The van der Waals surface area contributed by atoms with Gasteiger partial charge in [0.25, 0.3) is 0 Å². The standard InChI is InChI=1S/C15H18ClN3O/c1-4-20-15-9-14(18-11(3)19-15)17-10(2)12-6-5-7-13(16)8-12/h5-10H,4H2,1-3H3,(H,17,18,19).